The van der Waals surface area contributed by atoms with Crippen LogP contribution in [0.5, 0.6) is 17.2 Å². The Balaban J connectivity index is 1.45. The van der Waals surface area contributed by atoms with Crippen LogP contribution in [0.3, 0.4) is 0 Å². The van der Waals surface area contributed by atoms with Crippen molar-refractivity contribution in [3.05, 3.63) is 149 Å². The maximum absolute atomic E-state index is 14.2. The lowest BCUT2D eigenvalue weighted by atomic mass is 9.93. The molecule has 2 heterocycles. The van der Waals surface area contributed by atoms with Crippen LogP contribution in [0.15, 0.2) is 106 Å². The number of rotatable bonds is 10. The molecule has 0 fully saturated rings. The number of hydrogen-bond acceptors (Lipinski definition) is 8. The van der Waals surface area contributed by atoms with Gasteiger partial charge in [0.25, 0.3) is 5.56 Å². The molecule has 1 aliphatic heterocycles. The molecule has 1 aromatic heterocycles. The van der Waals surface area contributed by atoms with E-state index in [-0.39, 0.29) is 24.3 Å². The highest BCUT2D eigenvalue weighted by Crippen LogP contribution is 2.36. The number of halogens is 2. The summed E-state index contributed by atoms with van der Waals surface area (Å²) in [4.78, 5) is 33.2. The van der Waals surface area contributed by atoms with Crippen LogP contribution in [0.25, 0.3) is 11.8 Å². The number of ether oxygens (including phenoxy) is 4. The third kappa shape index (κ3) is 6.75. The van der Waals surface area contributed by atoms with Gasteiger partial charge < -0.3 is 18.9 Å². The summed E-state index contributed by atoms with van der Waals surface area (Å²) in [6, 6.07) is 26.6. The van der Waals surface area contributed by atoms with Gasteiger partial charge in [0.05, 0.1) is 52.7 Å². The fraction of sp³-hybridized carbons (Fsp3) is 0.162. The molecule has 0 bridgehead atoms. The minimum atomic E-state index is -0.796. The Morgan fingerprint density at radius 3 is 2.38 bits per heavy atom. The van der Waals surface area contributed by atoms with E-state index >= 15 is 0 Å². The summed E-state index contributed by atoms with van der Waals surface area (Å²) < 4.78 is 24.5. The Labute approximate surface area is 290 Å². The van der Waals surface area contributed by atoms with Gasteiger partial charge in [0.1, 0.15) is 12.4 Å². The molecule has 4 aromatic carbocycles. The van der Waals surface area contributed by atoms with Crippen LogP contribution in [0, 0.1) is 0 Å². The molecule has 8 nitrogen and oxygen atoms in total. The third-order valence-corrected chi connectivity index (χ3v) is 9.39. The van der Waals surface area contributed by atoms with Gasteiger partial charge in [0, 0.05) is 5.56 Å². The summed E-state index contributed by atoms with van der Waals surface area (Å²) in [5.74, 6) is 1.11. The van der Waals surface area contributed by atoms with Crippen molar-refractivity contribution in [2.45, 2.75) is 19.6 Å². The number of thiazole rings is 1. The summed E-state index contributed by atoms with van der Waals surface area (Å²) in [5, 5.41) is 0.914. The van der Waals surface area contributed by atoms with Crippen LogP contribution in [0.1, 0.15) is 35.2 Å². The Bertz CT molecular complexity index is 2190. The fourth-order valence-corrected chi connectivity index (χ4v) is 6.70. The van der Waals surface area contributed by atoms with E-state index in [1.807, 2.05) is 54.6 Å². The molecule has 48 heavy (non-hydrogen) atoms. The number of aromatic nitrogens is 1. The number of hydrogen-bond donors (Lipinski definition) is 0. The number of carbonyl (C=O) groups excluding carboxylic acids is 1. The second-order valence-corrected chi connectivity index (χ2v) is 12.5. The largest absolute Gasteiger partial charge is 0.497 e. The standard InChI is InChI=1S/C37H30Cl2N2O6S/c1-4-46-36(43)32-33(24-8-6-5-7-9-24)40-37-41(34(32)25-12-14-26(44-2)15-13-25)35(42)31(48-37)20-22-11-17-29(30(19-22)45-3)47-21-23-10-16-27(38)28(39)18-23/h5-20,34H,4,21H2,1-3H3/b31-20-/t34-/m0/s1. The number of nitrogens with zero attached hydrogens (tertiary/aromatic N) is 2. The van der Waals surface area contributed by atoms with E-state index in [0.29, 0.717) is 53.5 Å². The highest BCUT2D eigenvalue weighted by Gasteiger charge is 2.35. The van der Waals surface area contributed by atoms with Crippen molar-refractivity contribution in [3.8, 4) is 17.2 Å². The molecule has 0 unspecified atom stereocenters. The number of fused-ring (bicyclic) bond motifs is 1. The Kier molecular flexibility index (Phi) is 10.0. The first-order chi connectivity index (χ1) is 23.3. The quantitative estimate of drug-likeness (QED) is 0.148. The van der Waals surface area contributed by atoms with E-state index in [1.54, 1.807) is 68.2 Å². The Morgan fingerprint density at radius 2 is 1.69 bits per heavy atom. The predicted octanol–water partition coefficient (Wildman–Crippen LogP) is 6.84. The van der Waals surface area contributed by atoms with Crippen LogP contribution in [0.2, 0.25) is 10.0 Å². The maximum Gasteiger partial charge on any atom is 0.338 e. The van der Waals surface area contributed by atoms with Crippen molar-refractivity contribution >= 4 is 52.3 Å². The van der Waals surface area contributed by atoms with Crippen LogP contribution in [-0.4, -0.2) is 31.4 Å². The van der Waals surface area contributed by atoms with Crippen molar-refractivity contribution in [2.75, 3.05) is 20.8 Å². The summed E-state index contributed by atoms with van der Waals surface area (Å²) in [6.07, 6.45) is 1.77. The zero-order valence-electron chi connectivity index (χ0n) is 26.2. The van der Waals surface area contributed by atoms with Gasteiger partial charge in [0.2, 0.25) is 0 Å². The molecule has 1 atom stereocenters. The van der Waals surface area contributed by atoms with Gasteiger partial charge in [-0.1, -0.05) is 89.1 Å². The second-order valence-electron chi connectivity index (χ2n) is 10.7. The van der Waals surface area contributed by atoms with Crippen molar-refractivity contribution in [3.63, 3.8) is 0 Å². The first-order valence-corrected chi connectivity index (χ1v) is 16.6. The average molecular weight is 702 g/mol. The van der Waals surface area contributed by atoms with Crippen LogP contribution in [0.4, 0.5) is 0 Å². The van der Waals surface area contributed by atoms with E-state index < -0.39 is 12.0 Å². The van der Waals surface area contributed by atoms with Gasteiger partial charge in [-0.25, -0.2) is 9.79 Å². The van der Waals surface area contributed by atoms with Gasteiger partial charge in [0.15, 0.2) is 16.3 Å². The van der Waals surface area contributed by atoms with Crippen LogP contribution in [-0.2, 0) is 16.1 Å². The zero-order valence-corrected chi connectivity index (χ0v) is 28.6. The lowest BCUT2D eigenvalue weighted by Crippen LogP contribution is -2.40. The Hall–Kier alpha value is -4.83. The van der Waals surface area contributed by atoms with Gasteiger partial charge >= 0.3 is 5.97 Å². The topological polar surface area (TPSA) is 88.4 Å². The molecular formula is C37H30Cl2N2O6S. The first kappa shape index (κ1) is 33.1. The monoisotopic (exact) mass is 700 g/mol. The molecule has 0 spiro atoms. The van der Waals surface area contributed by atoms with Gasteiger partial charge in [-0.05, 0) is 66.1 Å². The summed E-state index contributed by atoms with van der Waals surface area (Å²) >= 11 is 13.4. The number of benzene rings is 4. The van der Waals surface area contributed by atoms with E-state index in [2.05, 4.69) is 0 Å². The first-order valence-electron chi connectivity index (χ1n) is 15.0. The van der Waals surface area contributed by atoms with Gasteiger partial charge in [-0.2, -0.15) is 0 Å². The minimum Gasteiger partial charge on any atom is -0.497 e. The minimum absolute atomic E-state index is 0.166. The molecule has 0 saturated heterocycles. The van der Waals surface area contributed by atoms with Crippen molar-refractivity contribution < 1.29 is 23.7 Å². The van der Waals surface area contributed by atoms with Crippen LogP contribution < -0.4 is 29.1 Å². The predicted molar refractivity (Wildman–Crippen MR) is 188 cm³/mol. The van der Waals surface area contributed by atoms with Gasteiger partial charge in [-0.3, -0.25) is 9.36 Å². The molecule has 0 N–H and O–H groups in total. The smallest absolute Gasteiger partial charge is 0.338 e. The van der Waals surface area contributed by atoms with Crippen LogP contribution >= 0.6 is 34.5 Å². The molecule has 6 rings (SSSR count). The maximum atomic E-state index is 14.2. The number of esters is 1. The summed E-state index contributed by atoms with van der Waals surface area (Å²) in [6.45, 7) is 2.17. The van der Waals surface area contributed by atoms with Crippen molar-refractivity contribution in [2.24, 2.45) is 4.99 Å². The lowest BCUT2D eigenvalue weighted by molar-refractivity contribution is -0.138. The van der Waals surface area contributed by atoms with E-state index in [1.165, 1.54) is 11.3 Å². The Morgan fingerprint density at radius 1 is 0.917 bits per heavy atom. The molecule has 1 aliphatic rings. The molecule has 5 aromatic rings. The molecular weight excluding hydrogens is 671 g/mol. The number of carbonyl (C=O) groups is 1. The molecule has 0 saturated carbocycles. The summed E-state index contributed by atoms with van der Waals surface area (Å²) in [7, 11) is 3.13. The fourth-order valence-electron chi connectivity index (χ4n) is 5.38. The molecule has 244 valence electrons. The number of methoxy groups -OCH3 is 2. The molecule has 0 radical (unpaired) electrons. The normalized spacial score (nSPS) is 14.3. The van der Waals surface area contributed by atoms with Gasteiger partial charge in [-0.15, -0.1) is 0 Å². The second kappa shape index (κ2) is 14.5. The highest BCUT2D eigenvalue weighted by molar-refractivity contribution is 7.07. The molecule has 0 aliphatic carbocycles. The van der Waals surface area contributed by atoms with E-state index in [9.17, 15) is 9.59 Å². The molecule has 11 heteroatoms. The summed E-state index contributed by atoms with van der Waals surface area (Å²) in [5.41, 5.74) is 3.43. The third-order valence-electron chi connectivity index (χ3n) is 7.67. The van der Waals surface area contributed by atoms with E-state index in [0.717, 1.165) is 11.1 Å². The van der Waals surface area contributed by atoms with Crippen molar-refractivity contribution in [1.29, 1.82) is 0 Å². The highest BCUT2D eigenvalue weighted by atomic mass is 35.5. The van der Waals surface area contributed by atoms with E-state index in [4.69, 9.17) is 47.1 Å². The average Bonchev–Trinajstić information content (AvgIpc) is 3.42. The lowest BCUT2D eigenvalue weighted by Gasteiger charge is -2.26. The SMILES string of the molecule is CCOC(=O)C1=C(c2ccccc2)N=c2s/c(=C\c3ccc(OCc4ccc(Cl)c(Cl)c4)c(OC)c3)c(=O)n2[C@H]1c1ccc(OC)cc1. The van der Waals surface area contributed by atoms with Crippen molar-refractivity contribution in [1.82, 2.24) is 4.57 Å². The zero-order chi connectivity index (χ0) is 33.8. The molecule has 0 amide bonds.